The monoisotopic (exact) mass is 479 g/mol. The van der Waals surface area contributed by atoms with Crippen LogP contribution in [0, 0.1) is 6.92 Å². The molecule has 0 bridgehead atoms. The molecule has 10 nitrogen and oxygen atoms in total. The Morgan fingerprint density at radius 3 is 2.75 bits per heavy atom. The Labute approximate surface area is 182 Å². The van der Waals surface area contributed by atoms with E-state index in [0.29, 0.717) is 18.4 Å². The summed E-state index contributed by atoms with van der Waals surface area (Å²) in [6.07, 6.45) is -6.08. The van der Waals surface area contributed by atoms with Gasteiger partial charge >= 0.3 is 18.1 Å². The molecule has 3 unspecified atom stereocenters. The first-order chi connectivity index (χ1) is 15.1. The molecule has 2 aliphatic heterocycles. The number of nitrogens with one attached hydrogen (secondary N) is 1. The molecule has 2 aliphatic rings. The van der Waals surface area contributed by atoms with Gasteiger partial charge in [0.15, 0.2) is 0 Å². The lowest BCUT2D eigenvalue weighted by Gasteiger charge is -2.29. The lowest BCUT2D eigenvalue weighted by Crippen LogP contribution is -2.41. The maximum absolute atomic E-state index is 13.5. The molecule has 0 amide bonds. The molecule has 3 heterocycles. The van der Waals surface area contributed by atoms with Crippen LogP contribution in [-0.2, 0) is 14.3 Å². The maximum Gasteiger partial charge on any atom is 0.430 e. The normalized spacial score (nSPS) is 22.8. The van der Waals surface area contributed by atoms with Crippen LogP contribution in [0.3, 0.4) is 0 Å². The number of rotatable bonds is 6. The van der Waals surface area contributed by atoms with E-state index in [4.69, 9.17) is 35.6 Å². The van der Waals surface area contributed by atoms with E-state index in [9.17, 15) is 22.8 Å². The topological polar surface area (TPSA) is 117 Å². The van der Waals surface area contributed by atoms with Crippen LogP contribution in [0.4, 0.5) is 13.2 Å². The van der Waals surface area contributed by atoms with Crippen molar-refractivity contribution in [1.29, 1.82) is 0 Å². The van der Waals surface area contributed by atoms with Gasteiger partial charge in [0.05, 0.1) is 10.6 Å². The fraction of sp³-hybridized carbons (Fsp3) is 0.444. The number of fused-ring (bicyclic) bond motifs is 1. The molecule has 0 saturated carbocycles. The van der Waals surface area contributed by atoms with Crippen LogP contribution in [0.5, 0.6) is 5.75 Å². The van der Waals surface area contributed by atoms with Crippen molar-refractivity contribution in [3.05, 3.63) is 33.9 Å². The van der Waals surface area contributed by atoms with Gasteiger partial charge in [-0.3, -0.25) is 10.1 Å². The number of hydrogen-bond donors (Lipinski definition) is 2. The van der Waals surface area contributed by atoms with E-state index in [1.165, 1.54) is 12.1 Å². The van der Waals surface area contributed by atoms with Crippen molar-refractivity contribution in [3.63, 3.8) is 0 Å². The second-order valence-electron chi connectivity index (χ2n) is 7.20. The van der Waals surface area contributed by atoms with E-state index in [0.717, 1.165) is 15.9 Å². The number of hydrogen-bond acceptors (Lipinski definition) is 7. The zero-order chi connectivity index (χ0) is 23.2. The summed E-state index contributed by atoms with van der Waals surface area (Å²) in [5.41, 5.74) is -0.220. The van der Waals surface area contributed by atoms with Crippen molar-refractivity contribution in [2.45, 2.75) is 44.3 Å². The molecule has 3 atom stereocenters. The zero-order valence-electron chi connectivity index (χ0n) is 16.4. The highest BCUT2D eigenvalue weighted by molar-refractivity contribution is 6.32. The molecule has 1 fully saturated rings. The fourth-order valence-electron chi connectivity index (χ4n) is 3.40. The van der Waals surface area contributed by atoms with Gasteiger partial charge in [0.2, 0.25) is 6.10 Å². The van der Waals surface area contributed by atoms with E-state index < -0.39 is 48.8 Å². The number of carboxylic acid groups (broad SMARTS) is 1. The van der Waals surface area contributed by atoms with Crippen LogP contribution in [-0.4, -0.2) is 52.0 Å². The summed E-state index contributed by atoms with van der Waals surface area (Å²) in [6, 6.07) is 2.25. The zero-order valence-corrected chi connectivity index (χ0v) is 17.1. The molecule has 2 aromatic rings. The van der Waals surface area contributed by atoms with E-state index >= 15 is 0 Å². The minimum atomic E-state index is -4.88. The molecule has 2 N–H and O–H groups in total. The molecule has 1 saturated heterocycles. The number of halogens is 4. The van der Waals surface area contributed by atoms with Gasteiger partial charge in [-0.05, 0) is 42.3 Å². The molecule has 1 aromatic carbocycles. The van der Waals surface area contributed by atoms with Crippen molar-refractivity contribution < 1.29 is 46.8 Å². The van der Waals surface area contributed by atoms with Crippen LogP contribution in [0.2, 0.25) is 5.02 Å². The number of aromatic nitrogens is 2. The lowest BCUT2D eigenvalue weighted by molar-refractivity contribution is -0.190. The highest BCUT2D eigenvalue weighted by Gasteiger charge is 2.49. The predicted molar refractivity (Wildman–Crippen MR) is 99.7 cm³/mol. The molecular weight excluding hydrogens is 463 g/mol. The van der Waals surface area contributed by atoms with Crippen LogP contribution in [0.15, 0.2) is 22.3 Å². The Morgan fingerprint density at radius 2 is 2.09 bits per heavy atom. The number of carbonyl (C=O) groups excluding carboxylic acids is 1. The quantitative estimate of drug-likeness (QED) is 0.479. The first kappa shape index (κ1) is 22.1. The van der Waals surface area contributed by atoms with Crippen LogP contribution >= 0.6 is 11.6 Å². The standard InChI is InChI=1S/C18H17ClF3N3O7/c1-8-2-3-11(19)9-6-10(15(18(20,21)22)31-14(8)9)17(28)29-7-30-25-24(32-25)13-5-4-12(23-13)16(26)27/h2-3,6,12-13,15,23H,4-5,7H2,1H3,(H,26,27). The molecule has 0 radical (unpaired) electrons. The Morgan fingerprint density at radius 1 is 1.34 bits per heavy atom. The number of aliphatic carboxylic acids is 1. The summed E-state index contributed by atoms with van der Waals surface area (Å²) in [5, 5.41) is 12.7. The fourth-order valence-corrected chi connectivity index (χ4v) is 3.61. The number of carboxylic acids is 1. The third-order valence-electron chi connectivity index (χ3n) is 5.02. The first-order valence-corrected chi connectivity index (χ1v) is 9.74. The number of ether oxygens (including phenoxy) is 2. The number of aryl methyl sites for hydroxylation is 1. The summed E-state index contributed by atoms with van der Waals surface area (Å²) in [5.74, 6) is -2.38. The Hall–Kier alpha value is -3.06. The summed E-state index contributed by atoms with van der Waals surface area (Å²) < 4.78 is 55.4. The van der Waals surface area contributed by atoms with E-state index in [1.807, 2.05) is 0 Å². The summed E-state index contributed by atoms with van der Waals surface area (Å²) in [4.78, 5) is 29.5. The molecule has 32 heavy (non-hydrogen) atoms. The molecular formula is C18H17ClF3N3O7. The highest BCUT2D eigenvalue weighted by atomic mass is 35.5. The number of esters is 1. The third kappa shape index (κ3) is 4.30. The molecule has 1 aromatic heterocycles. The number of alkyl halides is 3. The van der Waals surface area contributed by atoms with Crippen molar-refractivity contribution in [2.75, 3.05) is 6.79 Å². The van der Waals surface area contributed by atoms with Crippen molar-refractivity contribution in [1.82, 2.24) is 15.2 Å². The van der Waals surface area contributed by atoms with Crippen molar-refractivity contribution in [2.24, 2.45) is 0 Å². The SMILES string of the molecule is Cc1ccc(Cl)c2c1OC(C(F)(F)F)C(C(=O)OCOn1on1C1CCC(C(=O)O)N1)=C2. The van der Waals surface area contributed by atoms with E-state index in [-0.39, 0.29) is 16.3 Å². The number of carbonyl (C=O) groups is 2. The molecule has 4 rings (SSSR count). The minimum absolute atomic E-state index is 0.0653. The Balaban J connectivity index is 1.41. The Kier molecular flexibility index (Phi) is 5.63. The second-order valence-corrected chi connectivity index (χ2v) is 7.60. The lowest BCUT2D eigenvalue weighted by atomic mass is 9.99. The van der Waals surface area contributed by atoms with Gasteiger partial charge in [0.1, 0.15) is 23.0 Å². The third-order valence-corrected chi connectivity index (χ3v) is 5.35. The summed E-state index contributed by atoms with van der Waals surface area (Å²) >= 11 is 6.05. The highest BCUT2D eigenvalue weighted by Crippen LogP contribution is 2.41. The van der Waals surface area contributed by atoms with Crippen molar-refractivity contribution >= 4 is 29.6 Å². The molecule has 14 heteroatoms. The van der Waals surface area contributed by atoms with Gasteiger partial charge in [-0.15, -0.1) is 0 Å². The average molecular weight is 480 g/mol. The average Bonchev–Trinajstić information content (AvgIpc) is 3.32. The predicted octanol–water partition coefficient (Wildman–Crippen LogP) is 2.52. The number of nitrogens with zero attached hydrogens (tertiary/aromatic N) is 2. The van der Waals surface area contributed by atoms with Gasteiger partial charge in [-0.25, -0.2) is 9.42 Å². The van der Waals surface area contributed by atoms with Gasteiger partial charge in [0.25, 0.3) is 6.79 Å². The van der Waals surface area contributed by atoms with Gasteiger partial charge in [-0.1, -0.05) is 17.7 Å². The van der Waals surface area contributed by atoms with Gasteiger partial charge in [0, 0.05) is 5.56 Å². The first-order valence-electron chi connectivity index (χ1n) is 9.36. The molecule has 0 spiro atoms. The van der Waals surface area contributed by atoms with Crippen LogP contribution < -0.4 is 14.9 Å². The van der Waals surface area contributed by atoms with E-state index in [2.05, 4.69) is 5.32 Å². The largest absolute Gasteiger partial charge is 0.480 e. The van der Waals surface area contributed by atoms with Crippen LogP contribution in [0.25, 0.3) is 6.08 Å². The molecule has 0 aliphatic carbocycles. The van der Waals surface area contributed by atoms with E-state index in [1.54, 1.807) is 6.92 Å². The maximum atomic E-state index is 13.5. The van der Waals surface area contributed by atoms with Gasteiger partial charge < -0.3 is 19.4 Å². The minimum Gasteiger partial charge on any atom is -0.480 e. The smallest absolute Gasteiger partial charge is 0.430 e. The molecule has 174 valence electrons. The van der Waals surface area contributed by atoms with Crippen LogP contribution in [0.1, 0.15) is 30.1 Å². The number of benzene rings is 1. The summed E-state index contributed by atoms with van der Waals surface area (Å²) in [7, 11) is 0. The second kappa shape index (κ2) is 8.13. The Bertz CT molecular complexity index is 1070. The van der Waals surface area contributed by atoms with Crippen molar-refractivity contribution in [3.8, 4) is 5.75 Å². The van der Waals surface area contributed by atoms with Gasteiger partial charge in [-0.2, -0.15) is 13.2 Å². The summed E-state index contributed by atoms with van der Waals surface area (Å²) in [6.45, 7) is 0.794.